The molecule has 118 valence electrons. The molecule has 0 saturated heterocycles. The third-order valence-corrected chi connectivity index (χ3v) is 4.76. The fraction of sp³-hybridized carbons (Fsp3) is 0.941. The highest BCUT2D eigenvalue weighted by Gasteiger charge is 2.34. The zero-order chi connectivity index (χ0) is 15.1. The Hall–Kier alpha value is -0.570. The zero-order valence-electron chi connectivity index (χ0n) is 13.9. The maximum atomic E-state index is 13.0. The summed E-state index contributed by atoms with van der Waals surface area (Å²) in [7, 11) is 0. The van der Waals surface area contributed by atoms with E-state index < -0.39 is 0 Å². The average Bonchev–Trinajstić information content (AvgIpc) is 2.46. The average molecular weight is 282 g/mol. The number of nitrogens with zero attached hydrogens (tertiary/aromatic N) is 1. The molecule has 2 unspecified atom stereocenters. The third-order valence-electron chi connectivity index (χ3n) is 4.76. The van der Waals surface area contributed by atoms with Gasteiger partial charge in [-0.1, -0.05) is 40.5 Å². The molecule has 0 aromatic heterocycles. The first-order valence-corrected chi connectivity index (χ1v) is 8.55. The van der Waals surface area contributed by atoms with Crippen LogP contribution in [-0.2, 0) is 4.79 Å². The van der Waals surface area contributed by atoms with Gasteiger partial charge in [0.25, 0.3) is 0 Å². The number of hydrogen-bond donors (Lipinski definition) is 1. The van der Waals surface area contributed by atoms with E-state index in [1.807, 2.05) is 0 Å². The molecule has 3 heteroatoms. The van der Waals surface area contributed by atoms with Gasteiger partial charge in [0, 0.05) is 18.5 Å². The number of rotatable bonds is 7. The topological polar surface area (TPSA) is 46.3 Å². The lowest BCUT2D eigenvalue weighted by Gasteiger charge is -2.38. The van der Waals surface area contributed by atoms with E-state index in [-0.39, 0.29) is 5.92 Å². The van der Waals surface area contributed by atoms with Gasteiger partial charge in [0.05, 0.1) is 0 Å². The Morgan fingerprint density at radius 2 is 1.80 bits per heavy atom. The second-order valence-corrected chi connectivity index (χ2v) is 6.74. The predicted octanol–water partition coefficient (Wildman–Crippen LogP) is 3.42. The number of amides is 1. The minimum atomic E-state index is 0.174. The van der Waals surface area contributed by atoms with Crippen LogP contribution in [0.15, 0.2) is 0 Å². The standard InChI is InChI=1S/C17H34N2O/c1-5-15(6-2)19(12-13(3)4)17(20)16-10-8-7-9-14(16)11-18/h13-16H,5-12,18H2,1-4H3. The number of nitrogens with two attached hydrogens (primary N) is 1. The van der Waals surface area contributed by atoms with Crippen molar-refractivity contribution >= 4 is 5.91 Å². The van der Waals surface area contributed by atoms with E-state index in [9.17, 15) is 4.79 Å². The number of carbonyl (C=O) groups is 1. The monoisotopic (exact) mass is 282 g/mol. The van der Waals surface area contributed by atoms with Crippen molar-refractivity contribution in [1.29, 1.82) is 0 Å². The van der Waals surface area contributed by atoms with Gasteiger partial charge < -0.3 is 10.6 Å². The van der Waals surface area contributed by atoms with Crippen LogP contribution >= 0.6 is 0 Å². The Labute approximate surface area is 125 Å². The summed E-state index contributed by atoms with van der Waals surface area (Å²) in [5.74, 6) is 1.48. The molecule has 0 heterocycles. The van der Waals surface area contributed by atoms with Crippen molar-refractivity contribution in [3.05, 3.63) is 0 Å². The molecule has 0 aromatic carbocycles. The molecule has 1 aliphatic carbocycles. The van der Waals surface area contributed by atoms with Crippen molar-refractivity contribution in [3.8, 4) is 0 Å². The summed E-state index contributed by atoms with van der Waals surface area (Å²) in [5.41, 5.74) is 5.90. The summed E-state index contributed by atoms with van der Waals surface area (Å²) < 4.78 is 0. The van der Waals surface area contributed by atoms with Crippen LogP contribution in [0.2, 0.25) is 0 Å². The van der Waals surface area contributed by atoms with Gasteiger partial charge in [-0.15, -0.1) is 0 Å². The molecule has 1 rings (SSSR count). The Bertz CT molecular complexity index is 287. The maximum Gasteiger partial charge on any atom is 0.226 e. The molecule has 0 bridgehead atoms. The lowest BCUT2D eigenvalue weighted by atomic mass is 9.78. The Morgan fingerprint density at radius 1 is 1.20 bits per heavy atom. The van der Waals surface area contributed by atoms with Gasteiger partial charge in [0.2, 0.25) is 5.91 Å². The van der Waals surface area contributed by atoms with E-state index in [0.717, 1.165) is 32.2 Å². The van der Waals surface area contributed by atoms with Gasteiger partial charge in [-0.3, -0.25) is 4.79 Å². The molecule has 20 heavy (non-hydrogen) atoms. The maximum absolute atomic E-state index is 13.0. The van der Waals surface area contributed by atoms with E-state index >= 15 is 0 Å². The van der Waals surface area contributed by atoms with Crippen LogP contribution < -0.4 is 5.73 Å². The third kappa shape index (κ3) is 4.47. The van der Waals surface area contributed by atoms with Gasteiger partial charge in [0.1, 0.15) is 0 Å². The molecule has 2 atom stereocenters. The van der Waals surface area contributed by atoms with Crippen molar-refractivity contribution < 1.29 is 4.79 Å². The Balaban J connectivity index is 2.84. The van der Waals surface area contributed by atoms with E-state index in [1.54, 1.807) is 0 Å². The van der Waals surface area contributed by atoms with E-state index in [2.05, 4.69) is 32.6 Å². The fourth-order valence-electron chi connectivity index (χ4n) is 3.57. The largest absolute Gasteiger partial charge is 0.339 e. The summed E-state index contributed by atoms with van der Waals surface area (Å²) in [4.78, 5) is 15.2. The van der Waals surface area contributed by atoms with Crippen LogP contribution in [0.25, 0.3) is 0 Å². The molecule has 1 amide bonds. The van der Waals surface area contributed by atoms with Crippen LogP contribution in [-0.4, -0.2) is 29.9 Å². The molecule has 1 saturated carbocycles. The molecule has 3 nitrogen and oxygen atoms in total. The van der Waals surface area contributed by atoms with Gasteiger partial charge in [-0.05, 0) is 44.1 Å². The lowest BCUT2D eigenvalue weighted by molar-refractivity contribution is -0.141. The molecule has 1 fully saturated rings. The molecule has 0 aromatic rings. The Morgan fingerprint density at radius 3 is 2.30 bits per heavy atom. The van der Waals surface area contributed by atoms with Gasteiger partial charge >= 0.3 is 0 Å². The van der Waals surface area contributed by atoms with Crippen LogP contribution in [0.4, 0.5) is 0 Å². The van der Waals surface area contributed by atoms with Crippen molar-refractivity contribution in [2.45, 2.75) is 72.3 Å². The first-order chi connectivity index (χ1) is 9.54. The summed E-state index contributed by atoms with van der Waals surface area (Å²) in [6.07, 6.45) is 6.69. The molecule has 0 aliphatic heterocycles. The fourth-order valence-corrected chi connectivity index (χ4v) is 3.57. The van der Waals surface area contributed by atoms with Crippen molar-refractivity contribution in [3.63, 3.8) is 0 Å². The second kappa shape index (κ2) is 8.66. The van der Waals surface area contributed by atoms with E-state index in [0.29, 0.717) is 30.3 Å². The van der Waals surface area contributed by atoms with Crippen LogP contribution in [0.1, 0.15) is 66.2 Å². The normalized spacial score (nSPS) is 23.4. The first kappa shape index (κ1) is 17.5. The smallest absolute Gasteiger partial charge is 0.226 e. The highest BCUT2D eigenvalue weighted by Crippen LogP contribution is 2.32. The predicted molar refractivity (Wildman–Crippen MR) is 85.4 cm³/mol. The zero-order valence-corrected chi connectivity index (χ0v) is 13.9. The molecule has 1 aliphatic rings. The van der Waals surface area contributed by atoms with Crippen LogP contribution in [0.3, 0.4) is 0 Å². The van der Waals surface area contributed by atoms with Crippen molar-refractivity contribution in [1.82, 2.24) is 4.90 Å². The van der Waals surface area contributed by atoms with Crippen molar-refractivity contribution in [2.24, 2.45) is 23.5 Å². The quantitative estimate of drug-likeness (QED) is 0.777. The minimum Gasteiger partial charge on any atom is -0.339 e. The van der Waals surface area contributed by atoms with Gasteiger partial charge in [-0.25, -0.2) is 0 Å². The van der Waals surface area contributed by atoms with Gasteiger partial charge in [-0.2, -0.15) is 0 Å². The molecule has 0 radical (unpaired) electrons. The SMILES string of the molecule is CCC(CC)N(CC(C)C)C(=O)C1CCCCC1CN. The highest BCUT2D eigenvalue weighted by molar-refractivity contribution is 5.79. The highest BCUT2D eigenvalue weighted by atomic mass is 16.2. The summed E-state index contributed by atoms with van der Waals surface area (Å²) in [6, 6.07) is 0.394. The molecule has 0 spiro atoms. The van der Waals surface area contributed by atoms with Crippen LogP contribution in [0.5, 0.6) is 0 Å². The van der Waals surface area contributed by atoms with E-state index in [1.165, 1.54) is 12.8 Å². The van der Waals surface area contributed by atoms with Crippen LogP contribution in [0, 0.1) is 17.8 Å². The first-order valence-electron chi connectivity index (χ1n) is 8.55. The van der Waals surface area contributed by atoms with Gasteiger partial charge in [0.15, 0.2) is 0 Å². The van der Waals surface area contributed by atoms with Crippen molar-refractivity contribution in [2.75, 3.05) is 13.1 Å². The minimum absolute atomic E-state index is 0.174. The molecule has 2 N–H and O–H groups in total. The summed E-state index contributed by atoms with van der Waals surface area (Å²) in [6.45, 7) is 10.3. The lowest BCUT2D eigenvalue weighted by Crippen LogP contribution is -2.48. The Kier molecular flexibility index (Phi) is 7.57. The summed E-state index contributed by atoms with van der Waals surface area (Å²) >= 11 is 0. The molecular formula is C17H34N2O. The number of hydrogen-bond acceptors (Lipinski definition) is 2. The summed E-state index contributed by atoms with van der Waals surface area (Å²) in [5, 5.41) is 0. The van der Waals surface area contributed by atoms with E-state index in [4.69, 9.17) is 5.73 Å². The molecular weight excluding hydrogens is 248 g/mol. The second-order valence-electron chi connectivity index (χ2n) is 6.74. The number of carbonyl (C=O) groups excluding carboxylic acids is 1.